The number of fused-ring (bicyclic) bond motifs is 3. The molecule has 23 nitrogen and oxygen atoms in total. The molecule has 0 saturated heterocycles. The number of hydrogen-bond donors (Lipinski definition) is 9. The average molecular weight is 2230 g/mol. The molecule has 12 aromatic rings. The van der Waals surface area contributed by atoms with Crippen LogP contribution in [0.4, 0.5) is 38.3 Å². The Morgan fingerprint density at radius 1 is 0.433 bits per heavy atom. The number of aryl methyl sites for hydroxylation is 5. The molecule has 12 N–H and O–H groups in total. The van der Waals surface area contributed by atoms with Crippen LogP contribution in [0.15, 0.2) is 243 Å². The molecule has 0 aliphatic rings. The second-order valence-corrected chi connectivity index (χ2v) is 34.8. The van der Waals surface area contributed by atoms with Crippen LogP contribution in [0, 0.1) is 40.9 Å². The summed E-state index contributed by atoms with van der Waals surface area (Å²) in [6.07, 6.45) is 17.2. The molecule has 0 radical (unpaired) electrons. The number of nitrogens with one attached hydrogen (secondary N) is 6. The average Bonchev–Trinajstić information content (AvgIpc) is 0.807. The van der Waals surface area contributed by atoms with Gasteiger partial charge in [-0.2, -0.15) is 50.1 Å². The zero-order valence-electron chi connectivity index (χ0n) is 82.8. The Labute approximate surface area is 898 Å². The minimum absolute atomic E-state index is 0. The van der Waals surface area contributed by atoms with Crippen molar-refractivity contribution in [2.75, 3.05) is 109 Å². The van der Waals surface area contributed by atoms with Crippen molar-refractivity contribution >= 4 is 214 Å². The maximum absolute atomic E-state index is 13.0. The number of ether oxygens (including phenoxy) is 2. The highest BCUT2D eigenvalue weighted by atomic mass is 127. The fraction of sp³-hybridized carbons (Fsp3) is 0.324. The number of nitrogens with two attached hydrogens (primary N) is 3. The topological polar surface area (TPSA) is 336 Å². The predicted octanol–water partition coefficient (Wildman–Crippen LogP) is 22.2. The lowest BCUT2D eigenvalue weighted by molar-refractivity contribution is -0.191. The highest BCUT2D eigenvalue weighted by Crippen LogP contribution is 2.30. The van der Waals surface area contributed by atoms with E-state index in [-0.39, 0.29) is 159 Å². The monoisotopic (exact) mass is 2230 g/mol. The number of rotatable bonds is 35. The summed E-state index contributed by atoms with van der Waals surface area (Å²) in [5, 5.41) is 28.3. The van der Waals surface area contributed by atoms with Gasteiger partial charge in [0.05, 0.1) is 0 Å². The molecule has 0 aliphatic heterocycles. The first kappa shape index (κ1) is 126. The van der Waals surface area contributed by atoms with Crippen molar-refractivity contribution in [3.63, 3.8) is 0 Å². The van der Waals surface area contributed by atoms with Crippen LogP contribution < -0.4 is 43.8 Å². The van der Waals surface area contributed by atoms with Gasteiger partial charge in [-0.3, -0.25) is 19.8 Å². The van der Waals surface area contributed by atoms with E-state index in [1.165, 1.54) is 80.6 Å². The van der Waals surface area contributed by atoms with E-state index in [2.05, 4.69) is 252 Å². The highest BCUT2D eigenvalue weighted by molar-refractivity contribution is 14.0. The number of thioether (sulfide) groups is 1. The fourth-order valence-corrected chi connectivity index (χ4v) is 14.8. The number of carbonyl (C=O) groups excluding carboxylic acids is 7. The molecule has 1 heterocycles. The van der Waals surface area contributed by atoms with Crippen molar-refractivity contribution in [1.82, 2.24) is 40.6 Å². The van der Waals surface area contributed by atoms with E-state index in [9.17, 15) is 24.0 Å². The molecular weight excluding hydrogens is 2090 g/mol. The Balaban J connectivity index is 0.000000617. The van der Waals surface area contributed by atoms with Crippen molar-refractivity contribution in [2.45, 2.75) is 144 Å². The number of anilines is 5. The summed E-state index contributed by atoms with van der Waals surface area (Å²) in [7, 11) is 12.6. The quantitative estimate of drug-likeness (QED) is 0.00445. The number of benzene rings is 11. The van der Waals surface area contributed by atoms with Gasteiger partial charge >= 0.3 is 18.3 Å². The Bertz CT molecular complexity index is 5950. The first-order chi connectivity index (χ1) is 65.7. The summed E-state index contributed by atoms with van der Waals surface area (Å²) in [4.78, 5) is 91.4. The van der Waals surface area contributed by atoms with E-state index in [0.717, 1.165) is 145 Å². The SMILES string of the molecule is CCCCCc1ccc(C[C@H](C)C(=O)Nc2ccc(CCCN(C)C)cc2)c2ccccc12.CCCc1ccc(C#CCCNC(=O)OCc2ccccc2)c2ccccc12.CN(C)CCCc1ccc(N)cc1.CSC(=N)NC(=O)c1nc(Cl)c(N)nc1N.C[C@@H](Cc1ccc(C#CCCNC(=O)OCc2ccccc2)c2ccccc12)C(=O)Nc1ccc(CCCN(C)C)cc1.I.I.O=C=O.S.S.S. The third-order valence-electron chi connectivity index (χ3n) is 21.7. The first-order valence-electron chi connectivity index (χ1n) is 46.2. The maximum atomic E-state index is 13.0. The largest absolute Gasteiger partial charge is 0.445 e. The van der Waals surface area contributed by atoms with Crippen molar-refractivity contribution in [3.05, 3.63) is 315 Å². The van der Waals surface area contributed by atoms with Gasteiger partial charge in [0.2, 0.25) is 11.8 Å². The number of alkyl carbamates (subject to hydrolysis) is 2. The van der Waals surface area contributed by atoms with Gasteiger partial charge < -0.3 is 68.0 Å². The minimum atomic E-state index is -0.647. The first-order valence-corrected chi connectivity index (χ1v) is 47.8. The third-order valence-corrected chi connectivity index (χ3v) is 22.5. The molecule has 0 bridgehead atoms. The van der Waals surface area contributed by atoms with Gasteiger partial charge in [-0.05, 0) is 270 Å². The van der Waals surface area contributed by atoms with Gasteiger partial charge in [0.25, 0.3) is 5.91 Å². The van der Waals surface area contributed by atoms with Crippen LogP contribution in [0.1, 0.15) is 157 Å². The number of nitrogens with zero attached hydrogens (tertiary/aromatic N) is 5. The smallest absolute Gasteiger partial charge is 0.407 e. The Morgan fingerprint density at radius 2 is 0.787 bits per heavy atom. The Hall–Kier alpha value is -11.2. The number of halogens is 3. The zero-order valence-corrected chi connectivity index (χ0v) is 92.0. The van der Waals surface area contributed by atoms with E-state index in [0.29, 0.717) is 32.4 Å². The van der Waals surface area contributed by atoms with E-state index < -0.39 is 18.1 Å². The van der Waals surface area contributed by atoms with Gasteiger partial charge in [-0.25, -0.2) is 19.6 Å². The molecule has 11 aromatic carbocycles. The van der Waals surface area contributed by atoms with E-state index in [1.807, 2.05) is 135 Å². The number of carbonyl (C=O) groups is 5. The zero-order chi connectivity index (χ0) is 98.4. The van der Waals surface area contributed by atoms with Crippen molar-refractivity contribution < 1.29 is 43.0 Å². The number of hydrogen-bond acceptors (Lipinski definition) is 19. The molecule has 0 aliphatic carbocycles. The number of amidine groups is 1. The molecule has 30 heteroatoms. The second-order valence-electron chi connectivity index (χ2n) is 33.6. The molecule has 0 spiro atoms. The van der Waals surface area contributed by atoms with Crippen LogP contribution in [0.5, 0.6) is 0 Å². The standard InChI is InChI=1S/C37H41N3O3.C30H40N2O.C25H25NO2.C11H18N2.C7H9ClN6OS.CO2.2HI.3H2S/c1-28(36(41)39-33-22-18-29(19-23-33)14-11-25-40(2)3)26-32-21-20-31(34-16-7-8-17-35(32)34)15-9-10-24-38-37(42)43-27-30-12-5-4-6-13-30;1-5-6-7-12-25-17-18-26(29-14-9-8-13-28(25)29)22-23(2)30(33)31-27-19-15-24(16-20-27)11-10-21-32(3)4;1-2-10-21-16-17-22(24-15-7-6-14-23(21)24)13-8-9-18-26-25(27)28-19-20-11-4-3-5-12-20;1-13(2)9-3-4-10-5-7-11(12)8-6-10;1-16-7(11)14-6(15)2-4(9)13-5(10)3(8)12-2;2-1-3;;;;;/h4-8,12-13,16-23,28H,10-11,14,24-27H2,1-3H3,(H,38,42)(H,39,41);8-9,13-20,23H,5-7,10-12,21-22H2,1-4H3,(H,31,33);3-7,11-12,14-17H,2,9-10,18-19H2,1H3,(H,26,27);5-8H,3-4,9,12H2,1-2H3;1H3,(H4,9,10,13)(H2,11,14,15);;2*1H;3*1H2/t28-;23-;;;;;;;;;/m00........./s1. The van der Waals surface area contributed by atoms with Crippen LogP contribution in [0.3, 0.4) is 0 Å². The van der Waals surface area contributed by atoms with Crippen molar-refractivity contribution in [1.29, 1.82) is 5.41 Å². The molecule has 141 heavy (non-hydrogen) atoms. The van der Waals surface area contributed by atoms with Crippen LogP contribution >= 0.6 is 112 Å². The van der Waals surface area contributed by atoms with Gasteiger partial charge in [-0.1, -0.05) is 288 Å². The summed E-state index contributed by atoms with van der Waals surface area (Å²) in [6, 6.07) is 81.9. The number of amides is 5. The summed E-state index contributed by atoms with van der Waals surface area (Å²) in [5.41, 5.74) is 31.8. The molecule has 754 valence electrons. The van der Waals surface area contributed by atoms with Crippen LogP contribution in [0.2, 0.25) is 5.15 Å². The Morgan fingerprint density at radius 3 is 1.18 bits per heavy atom. The van der Waals surface area contributed by atoms with Gasteiger partial charge in [0, 0.05) is 66.0 Å². The van der Waals surface area contributed by atoms with Gasteiger partial charge in [-0.15, -0.1) is 48.0 Å². The number of nitrogen functional groups attached to an aromatic ring is 3. The van der Waals surface area contributed by atoms with Gasteiger partial charge in [0.1, 0.15) is 13.2 Å². The molecule has 0 fully saturated rings. The maximum Gasteiger partial charge on any atom is 0.407 e. The van der Waals surface area contributed by atoms with E-state index in [1.54, 1.807) is 6.26 Å². The molecule has 5 amide bonds. The molecule has 1 aromatic heterocycles. The van der Waals surface area contributed by atoms with Crippen molar-refractivity contribution in [2.24, 2.45) is 11.8 Å². The normalized spacial score (nSPS) is 10.5. The fourth-order valence-electron chi connectivity index (χ4n) is 14.5. The lowest BCUT2D eigenvalue weighted by Crippen LogP contribution is -2.29. The molecule has 2 atom stereocenters. The summed E-state index contributed by atoms with van der Waals surface area (Å²) < 4.78 is 10.4. The number of unbranched alkanes of at least 4 members (excludes halogenated alkanes) is 2. The van der Waals surface area contributed by atoms with E-state index in [4.69, 9.17) is 53.3 Å². The van der Waals surface area contributed by atoms with Crippen LogP contribution in [-0.4, -0.2) is 147 Å². The lowest BCUT2D eigenvalue weighted by atomic mass is 9.91. The summed E-state index contributed by atoms with van der Waals surface area (Å²) >= 11 is 6.67. The van der Waals surface area contributed by atoms with Crippen LogP contribution in [0.25, 0.3) is 32.3 Å². The van der Waals surface area contributed by atoms with Gasteiger partial charge in [0.15, 0.2) is 27.7 Å². The third kappa shape index (κ3) is 47.5. The predicted molar refractivity (Wildman–Crippen MR) is 620 cm³/mol. The van der Waals surface area contributed by atoms with Crippen LogP contribution in [-0.2, 0) is 86.8 Å². The molecule has 0 saturated carbocycles. The number of aromatic nitrogens is 2. The summed E-state index contributed by atoms with van der Waals surface area (Å²) in [6.45, 7) is 13.1. The lowest BCUT2D eigenvalue weighted by Gasteiger charge is -2.16. The highest BCUT2D eigenvalue weighted by Gasteiger charge is 2.21. The Kier molecular flexibility index (Phi) is 63.7. The van der Waals surface area contributed by atoms with E-state index >= 15 is 0 Å². The second kappa shape index (κ2) is 71.3. The minimum Gasteiger partial charge on any atom is -0.445 e. The molecular formula is C111H141ClI2N14O9S4. The van der Waals surface area contributed by atoms with Crippen molar-refractivity contribution in [3.8, 4) is 23.7 Å². The molecule has 0 unspecified atom stereocenters. The summed E-state index contributed by atoms with van der Waals surface area (Å²) in [5.74, 6) is 11.8. The molecule has 12 rings (SSSR count).